The number of benzene rings is 3. The molecule has 4 heteroatoms. The minimum Gasteiger partial charge on any atom is -0.233 e. The molecule has 0 radical (unpaired) electrons. The van der Waals surface area contributed by atoms with Gasteiger partial charge in [0.2, 0.25) is 0 Å². The molecule has 3 nitrogen and oxygen atoms in total. The Hall–Kier alpha value is -2.85. The van der Waals surface area contributed by atoms with E-state index in [2.05, 4.69) is 0 Å². The molecule has 0 fully saturated rings. The van der Waals surface area contributed by atoms with Crippen molar-refractivity contribution in [3.8, 4) is 22.4 Å². The van der Waals surface area contributed by atoms with Crippen molar-refractivity contribution >= 4 is 20.9 Å². The highest BCUT2D eigenvalue weighted by molar-refractivity contribution is 7.90. The van der Waals surface area contributed by atoms with Crippen molar-refractivity contribution in [3.05, 3.63) is 78.9 Å². The van der Waals surface area contributed by atoms with E-state index in [9.17, 15) is 8.42 Å². The monoisotopic (exact) mass is 331 g/mol. The standard InChI is InChI=1S/C20H13NO2S/c22-24(23)20-12-5-4-9-16(20)19-13-17-15(14-7-2-1-3-8-14)10-6-11-18(17)21(19)24/h1-13H. The van der Waals surface area contributed by atoms with E-state index >= 15 is 0 Å². The van der Waals surface area contributed by atoms with Gasteiger partial charge in [-0.15, -0.1) is 0 Å². The van der Waals surface area contributed by atoms with Crippen molar-refractivity contribution in [1.29, 1.82) is 0 Å². The number of hydrogen-bond acceptors (Lipinski definition) is 2. The van der Waals surface area contributed by atoms with Gasteiger partial charge in [0, 0.05) is 10.9 Å². The Morgan fingerprint density at radius 3 is 2.25 bits per heavy atom. The fourth-order valence-electron chi connectivity index (χ4n) is 3.52. The van der Waals surface area contributed by atoms with Gasteiger partial charge in [0.15, 0.2) is 0 Å². The van der Waals surface area contributed by atoms with E-state index in [1.807, 2.05) is 66.7 Å². The summed E-state index contributed by atoms with van der Waals surface area (Å²) >= 11 is 0. The highest BCUT2D eigenvalue weighted by Crippen LogP contribution is 2.43. The van der Waals surface area contributed by atoms with Crippen LogP contribution in [0.25, 0.3) is 33.3 Å². The van der Waals surface area contributed by atoms with Crippen molar-refractivity contribution in [2.24, 2.45) is 0 Å². The normalized spacial score (nSPS) is 14.5. The molecule has 0 unspecified atom stereocenters. The van der Waals surface area contributed by atoms with Gasteiger partial charge >= 0.3 is 0 Å². The van der Waals surface area contributed by atoms with Crippen LogP contribution in [-0.2, 0) is 10.0 Å². The van der Waals surface area contributed by atoms with E-state index in [1.165, 1.54) is 3.97 Å². The van der Waals surface area contributed by atoms with Crippen LogP contribution in [0.15, 0.2) is 83.8 Å². The molecule has 0 atom stereocenters. The molecule has 1 aliphatic rings. The van der Waals surface area contributed by atoms with Crippen molar-refractivity contribution in [2.75, 3.05) is 0 Å². The first-order chi connectivity index (χ1) is 11.7. The van der Waals surface area contributed by atoms with Crippen molar-refractivity contribution in [3.63, 3.8) is 0 Å². The Balaban J connectivity index is 1.91. The Labute approximate surface area is 139 Å². The number of nitrogens with zero attached hydrogens (tertiary/aromatic N) is 1. The first kappa shape index (κ1) is 13.6. The average Bonchev–Trinajstić information content (AvgIpc) is 3.11. The molecular formula is C20H13NO2S. The first-order valence-electron chi connectivity index (χ1n) is 7.73. The Morgan fingerprint density at radius 2 is 1.42 bits per heavy atom. The largest absolute Gasteiger partial charge is 0.269 e. The SMILES string of the molecule is O=S1(=O)c2ccccc2-c2cc3c(-c4ccccc4)cccc3n21. The molecule has 0 saturated heterocycles. The zero-order valence-electron chi connectivity index (χ0n) is 12.7. The van der Waals surface area contributed by atoms with Crippen LogP contribution in [0.1, 0.15) is 0 Å². The van der Waals surface area contributed by atoms with Crippen LogP contribution in [0.2, 0.25) is 0 Å². The predicted molar refractivity (Wildman–Crippen MR) is 95.4 cm³/mol. The molecule has 3 aromatic carbocycles. The summed E-state index contributed by atoms with van der Waals surface area (Å²) in [6.07, 6.45) is 0. The third-order valence-electron chi connectivity index (χ3n) is 4.57. The lowest BCUT2D eigenvalue weighted by Gasteiger charge is -2.06. The zero-order valence-corrected chi connectivity index (χ0v) is 13.5. The molecule has 1 aliphatic heterocycles. The van der Waals surface area contributed by atoms with Gasteiger partial charge in [-0.2, -0.15) is 0 Å². The molecular weight excluding hydrogens is 318 g/mol. The molecule has 0 bridgehead atoms. The third kappa shape index (κ3) is 1.63. The molecule has 0 spiro atoms. The maximum absolute atomic E-state index is 13.0. The van der Waals surface area contributed by atoms with E-state index in [0.717, 1.165) is 33.3 Å². The number of rotatable bonds is 1. The number of fused-ring (bicyclic) bond motifs is 5. The quantitative estimate of drug-likeness (QED) is 0.453. The lowest BCUT2D eigenvalue weighted by atomic mass is 10.0. The highest BCUT2D eigenvalue weighted by Gasteiger charge is 2.34. The van der Waals surface area contributed by atoms with E-state index in [4.69, 9.17) is 0 Å². The van der Waals surface area contributed by atoms with Crippen LogP contribution in [0.3, 0.4) is 0 Å². The predicted octanol–water partition coefficient (Wildman–Crippen LogP) is 4.53. The summed E-state index contributed by atoms with van der Waals surface area (Å²) in [5, 5.41) is 0.955. The van der Waals surface area contributed by atoms with Gasteiger partial charge < -0.3 is 0 Å². The molecule has 0 amide bonds. The molecule has 116 valence electrons. The highest BCUT2D eigenvalue weighted by atomic mass is 32.2. The third-order valence-corrected chi connectivity index (χ3v) is 6.35. The lowest BCUT2D eigenvalue weighted by Crippen LogP contribution is -2.07. The second-order valence-electron chi connectivity index (χ2n) is 5.90. The van der Waals surface area contributed by atoms with Crippen molar-refractivity contribution < 1.29 is 8.42 Å². The minimum absolute atomic E-state index is 0.381. The van der Waals surface area contributed by atoms with Gasteiger partial charge in [0.1, 0.15) is 0 Å². The van der Waals surface area contributed by atoms with Crippen LogP contribution in [0.5, 0.6) is 0 Å². The molecule has 2 heterocycles. The fourth-order valence-corrected chi connectivity index (χ4v) is 5.25. The number of hydrogen-bond donors (Lipinski definition) is 0. The summed E-state index contributed by atoms with van der Waals surface area (Å²) in [7, 11) is -3.53. The molecule has 5 rings (SSSR count). The van der Waals surface area contributed by atoms with E-state index in [-0.39, 0.29) is 0 Å². The molecule has 24 heavy (non-hydrogen) atoms. The van der Waals surface area contributed by atoms with Gasteiger partial charge in [0.25, 0.3) is 10.0 Å². The molecule has 0 N–H and O–H groups in total. The molecule has 0 saturated carbocycles. The molecule has 4 aromatic rings. The van der Waals surface area contributed by atoms with Crippen LogP contribution >= 0.6 is 0 Å². The van der Waals surface area contributed by atoms with Crippen molar-refractivity contribution in [1.82, 2.24) is 3.97 Å². The Kier molecular flexibility index (Phi) is 2.59. The Morgan fingerprint density at radius 1 is 0.708 bits per heavy atom. The first-order valence-corrected chi connectivity index (χ1v) is 9.17. The van der Waals surface area contributed by atoms with E-state index < -0.39 is 10.0 Å². The van der Waals surface area contributed by atoms with Gasteiger partial charge in [0.05, 0.1) is 16.1 Å². The second-order valence-corrected chi connectivity index (χ2v) is 7.65. The maximum Gasteiger partial charge on any atom is 0.269 e. The van der Waals surface area contributed by atoms with Gasteiger partial charge in [-0.05, 0) is 29.3 Å². The van der Waals surface area contributed by atoms with Crippen molar-refractivity contribution in [2.45, 2.75) is 4.90 Å². The summed E-state index contributed by atoms with van der Waals surface area (Å²) in [4.78, 5) is 0.381. The maximum atomic E-state index is 13.0. The van der Waals surface area contributed by atoms with E-state index in [0.29, 0.717) is 4.90 Å². The molecule has 0 aliphatic carbocycles. The van der Waals surface area contributed by atoms with Crippen LogP contribution < -0.4 is 0 Å². The molecule has 1 aromatic heterocycles. The number of aromatic nitrogens is 1. The summed E-state index contributed by atoms with van der Waals surface area (Å²) in [6.45, 7) is 0. The topological polar surface area (TPSA) is 39.1 Å². The van der Waals surface area contributed by atoms with E-state index in [1.54, 1.807) is 12.1 Å². The second kappa shape index (κ2) is 4.58. The lowest BCUT2D eigenvalue weighted by molar-refractivity contribution is 0.592. The summed E-state index contributed by atoms with van der Waals surface area (Å²) in [6, 6.07) is 25.0. The summed E-state index contributed by atoms with van der Waals surface area (Å²) in [5.41, 5.74) is 4.36. The average molecular weight is 331 g/mol. The minimum atomic E-state index is -3.53. The zero-order chi connectivity index (χ0) is 16.3. The fraction of sp³-hybridized carbons (Fsp3) is 0. The van der Waals surface area contributed by atoms with Gasteiger partial charge in [-0.1, -0.05) is 60.7 Å². The van der Waals surface area contributed by atoms with Gasteiger partial charge in [-0.25, -0.2) is 12.4 Å². The van der Waals surface area contributed by atoms with Crippen LogP contribution in [0, 0.1) is 0 Å². The van der Waals surface area contributed by atoms with Crippen LogP contribution in [0.4, 0.5) is 0 Å². The summed E-state index contributed by atoms with van der Waals surface area (Å²) in [5.74, 6) is 0. The smallest absolute Gasteiger partial charge is 0.233 e. The van der Waals surface area contributed by atoms with Crippen LogP contribution in [-0.4, -0.2) is 12.4 Å². The Bertz CT molecular complexity index is 1210. The summed E-state index contributed by atoms with van der Waals surface area (Å²) < 4.78 is 27.4. The van der Waals surface area contributed by atoms with Gasteiger partial charge in [-0.3, -0.25) is 0 Å².